The third-order valence-electron chi connectivity index (χ3n) is 9.76. The van der Waals surface area contributed by atoms with E-state index in [2.05, 4.69) is 22.1 Å². The Balaban J connectivity index is 1.29. The molecule has 1 saturated heterocycles. The van der Waals surface area contributed by atoms with Gasteiger partial charge in [0.05, 0.1) is 23.6 Å². The third-order valence-corrected chi connectivity index (χ3v) is 9.76. The van der Waals surface area contributed by atoms with Crippen molar-refractivity contribution >= 4 is 16.8 Å². The molecule has 2 aromatic rings. The lowest BCUT2D eigenvalue weighted by Gasteiger charge is -2.39. The van der Waals surface area contributed by atoms with Crippen LogP contribution in [0.1, 0.15) is 75.5 Å². The van der Waals surface area contributed by atoms with Gasteiger partial charge in [0, 0.05) is 54.9 Å². The van der Waals surface area contributed by atoms with Gasteiger partial charge in [0.2, 0.25) is 5.91 Å². The van der Waals surface area contributed by atoms with E-state index in [1.807, 2.05) is 26.1 Å². The number of fused-ring (bicyclic) bond motifs is 1. The molecule has 6 unspecified atom stereocenters. The summed E-state index contributed by atoms with van der Waals surface area (Å²) < 4.78 is 49.5. The number of hydrogen-bond acceptors (Lipinski definition) is 5. The molecule has 1 amide bonds. The highest BCUT2D eigenvalue weighted by Gasteiger charge is 2.47. The number of hydrogen-bond donors (Lipinski definition) is 1. The van der Waals surface area contributed by atoms with E-state index in [1.54, 1.807) is 17.8 Å². The average Bonchev–Trinajstić information content (AvgIpc) is 2.93. The Kier molecular flexibility index (Phi) is 8.81. The number of piperidine rings is 1. The van der Waals surface area contributed by atoms with Crippen LogP contribution in [-0.2, 0) is 16.6 Å². The molecule has 2 saturated carbocycles. The SMILES string of the molecule is Cc1cc2c(cn1)cc(C1CC(NC(=O)C3CC(OC4CCN(C)CC4)CC(C(F)(F)F)C3)CCC1C)c(=O)n2C. The van der Waals surface area contributed by atoms with Crippen molar-refractivity contribution in [1.29, 1.82) is 0 Å². The summed E-state index contributed by atoms with van der Waals surface area (Å²) in [5.74, 6) is -2.43. The van der Waals surface area contributed by atoms with Crippen LogP contribution in [0.5, 0.6) is 0 Å². The van der Waals surface area contributed by atoms with Crippen molar-refractivity contribution in [3.63, 3.8) is 0 Å². The molecule has 7 nitrogen and oxygen atoms in total. The summed E-state index contributed by atoms with van der Waals surface area (Å²) in [6, 6.07) is 3.63. The van der Waals surface area contributed by atoms with Gasteiger partial charge in [-0.15, -0.1) is 0 Å². The van der Waals surface area contributed by atoms with Crippen molar-refractivity contribution in [1.82, 2.24) is 19.8 Å². The molecule has 1 N–H and O–H groups in total. The fourth-order valence-corrected chi connectivity index (χ4v) is 7.21. The zero-order chi connectivity index (χ0) is 29.5. The Morgan fingerprint density at radius 1 is 1.02 bits per heavy atom. The number of halogens is 3. The van der Waals surface area contributed by atoms with Crippen LogP contribution in [-0.4, -0.2) is 64.9 Å². The molecule has 2 aromatic heterocycles. The van der Waals surface area contributed by atoms with Crippen molar-refractivity contribution in [2.45, 2.75) is 95.6 Å². The molecule has 3 fully saturated rings. The second-order valence-electron chi connectivity index (χ2n) is 12.9. The zero-order valence-corrected chi connectivity index (χ0v) is 24.5. The summed E-state index contributed by atoms with van der Waals surface area (Å²) >= 11 is 0. The smallest absolute Gasteiger partial charge is 0.375 e. The lowest BCUT2D eigenvalue weighted by Crippen LogP contribution is -2.47. The summed E-state index contributed by atoms with van der Waals surface area (Å²) in [7, 11) is 3.80. The van der Waals surface area contributed by atoms with Crippen LogP contribution in [0, 0.1) is 24.7 Å². The Bertz CT molecular complexity index is 1300. The van der Waals surface area contributed by atoms with E-state index in [9.17, 15) is 22.8 Å². The first-order chi connectivity index (χ1) is 19.4. The highest BCUT2D eigenvalue weighted by Crippen LogP contribution is 2.42. The summed E-state index contributed by atoms with van der Waals surface area (Å²) in [5.41, 5.74) is 2.32. The highest BCUT2D eigenvalue weighted by atomic mass is 19.4. The first-order valence-electron chi connectivity index (χ1n) is 15.1. The van der Waals surface area contributed by atoms with Gasteiger partial charge >= 0.3 is 6.18 Å². The van der Waals surface area contributed by atoms with Crippen molar-refractivity contribution in [2.24, 2.45) is 24.8 Å². The van der Waals surface area contributed by atoms with Crippen LogP contribution in [0.25, 0.3) is 10.9 Å². The molecule has 0 bridgehead atoms. The average molecular weight is 577 g/mol. The molecular formula is C31H43F3N4O3. The molecule has 5 rings (SSSR count). The highest BCUT2D eigenvalue weighted by molar-refractivity contribution is 5.80. The molecule has 0 radical (unpaired) electrons. The van der Waals surface area contributed by atoms with Gasteiger partial charge in [0.15, 0.2) is 0 Å². The van der Waals surface area contributed by atoms with Crippen LogP contribution in [0.15, 0.2) is 23.1 Å². The molecule has 0 spiro atoms. The number of likely N-dealkylation sites (tertiary alicyclic amines) is 1. The maximum absolute atomic E-state index is 13.9. The van der Waals surface area contributed by atoms with Gasteiger partial charge in [-0.1, -0.05) is 6.92 Å². The molecular weight excluding hydrogens is 533 g/mol. The quantitative estimate of drug-likeness (QED) is 0.537. The number of nitrogens with zero attached hydrogens (tertiary/aromatic N) is 3. The normalized spacial score (nSPS) is 30.4. The number of aryl methyl sites for hydroxylation is 2. The lowest BCUT2D eigenvalue weighted by molar-refractivity contribution is -0.202. The van der Waals surface area contributed by atoms with Crippen LogP contribution in [0.2, 0.25) is 0 Å². The Morgan fingerprint density at radius 3 is 2.46 bits per heavy atom. The first-order valence-corrected chi connectivity index (χ1v) is 15.1. The van der Waals surface area contributed by atoms with Crippen molar-refractivity contribution in [2.75, 3.05) is 20.1 Å². The maximum atomic E-state index is 13.9. The Labute approximate surface area is 239 Å². The van der Waals surface area contributed by atoms with Crippen LogP contribution in [0.3, 0.4) is 0 Å². The van der Waals surface area contributed by atoms with E-state index >= 15 is 0 Å². The standard InChI is InChI=1S/C31H43F3N4O3/c1-18-5-6-23(16-26(18)27-14-21-17-35-19(2)11-28(21)38(4)30(27)40)36-29(39)20-12-22(31(32,33)34)15-25(13-20)41-24-7-9-37(3)10-8-24/h11,14,17-18,20,22-26H,5-10,12-13,15-16H2,1-4H3,(H,36,39). The topological polar surface area (TPSA) is 76.5 Å². The van der Waals surface area contributed by atoms with E-state index in [-0.39, 0.29) is 48.3 Å². The number of alkyl halides is 3. The fourth-order valence-electron chi connectivity index (χ4n) is 7.21. The van der Waals surface area contributed by atoms with Gasteiger partial charge in [-0.05, 0) is 89.3 Å². The molecule has 3 aliphatic rings. The number of amides is 1. The molecule has 6 atom stereocenters. The number of ether oxygens (including phenoxy) is 1. The van der Waals surface area contributed by atoms with Gasteiger partial charge in [-0.25, -0.2) is 0 Å². The Morgan fingerprint density at radius 2 is 1.76 bits per heavy atom. The lowest BCUT2D eigenvalue weighted by atomic mass is 9.74. The van der Waals surface area contributed by atoms with Crippen LogP contribution < -0.4 is 10.9 Å². The summed E-state index contributed by atoms with van der Waals surface area (Å²) in [6.07, 6.45) is 0.559. The summed E-state index contributed by atoms with van der Waals surface area (Å²) in [4.78, 5) is 33.4. The molecule has 0 aromatic carbocycles. The van der Waals surface area contributed by atoms with Crippen molar-refractivity contribution in [3.8, 4) is 0 Å². The fraction of sp³-hybridized carbons (Fsp3) is 0.710. The monoisotopic (exact) mass is 576 g/mol. The van der Waals surface area contributed by atoms with E-state index < -0.39 is 24.1 Å². The second-order valence-corrected chi connectivity index (χ2v) is 12.9. The van der Waals surface area contributed by atoms with E-state index in [4.69, 9.17) is 4.74 Å². The number of carbonyl (C=O) groups excluding carboxylic acids is 1. The first kappa shape index (κ1) is 30.0. The van der Waals surface area contributed by atoms with E-state index in [0.29, 0.717) is 18.4 Å². The second kappa shape index (κ2) is 12.0. The number of pyridine rings is 2. The Hall–Kier alpha value is -2.46. The minimum Gasteiger partial charge on any atom is -0.375 e. The number of rotatable bonds is 5. The minimum atomic E-state index is -4.36. The van der Waals surface area contributed by atoms with Gasteiger partial charge in [0.25, 0.3) is 5.56 Å². The number of carbonyl (C=O) groups is 1. The van der Waals surface area contributed by atoms with E-state index in [0.717, 1.165) is 55.4 Å². The molecule has 2 aliphatic carbocycles. The van der Waals surface area contributed by atoms with Crippen LogP contribution >= 0.6 is 0 Å². The number of nitrogens with one attached hydrogen (secondary N) is 1. The summed E-state index contributed by atoms with van der Waals surface area (Å²) in [5, 5.41) is 3.99. The molecule has 3 heterocycles. The van der Waals surface area contributed by atoms with Crippen molar-refractivity contribution in [3.05, 3.63) is 39.9 Å². The minimum absolute atomic E-state index is 0.0545. The van der Waals surface area contributed by atoms with E-state index in [1.165, 1.54) is 0 Å². The number of aromatic nitrogens is 2. The molecule has 226 valence electrons. The maximum Gasteiger partial charge on any atom is 0.391 e. The molecule has 1 aliphatic heterocycles. The molecule has 41 heavy (non-hydrogen) atoms. The van der Waals surface area contributed by atoms with Crippen molar-refractivity contribution < 1.29 is 22.7 Å². The summed E-state index contributed by atoms with van der Waals surface area (Å²) in [6.45, 7) is 5.74. The molecule has 10 heteroatoms. The van der Waals surface area contributed by atoms with Gasteiger partial charge in [-0.2, -0.15) is 13.2 Å². The third kappa shape index (κ3) is 6.79. The van der Waals surface area contributed by atoms with Gasteiger partial charge in [0.1, 0.15) is 0 Å². The van der Waals surface area contributed by atoms with Gasteiger partial charge in [-0.3, -0.25) is 14.6 Å². The largest absolute Gasteiger partial charge is 0.391 e. The predicted molar refractivity (Wildman–Crippen MR) is 152 cm³/mol. The zero-order valence-electron chi connectivity index (χ0n) is 24.5. The van der Waals surface area contributed by atoms with Gasteiger partial charge < -0.3 is 19.5 Å². The predicted octanol–water partition coefficient (Wildman–Crippen LogP) is 5.09. The van der Waals surface area contributed by atoms with Crippen LogP contribution in [0.4, 0.5) is 13.2 Å².